The largest absolute Gasteiger partial charge is 0.314 e. The summed E-state index contributed by atoms with van der Waals surface area (Å²) in [5.41, 5.74) is 0. The smallest absolute Gasteiger partial charge is 0.253 e. The molecule has 1 aromatic heterocycles. The first-order valence-corrected chi connectivity index (χ1v) is 9.54. The van der Waals surface area contributed by atoms with Crippen molar-refractivity contribution in [2.24, 2.45) is 5.92 Å². The predicted molar refractivity (Wildman–Crippen MR) is 82.0 cm³/mol. The molecule has 0 aromatic carbocycles. The lowest BCUT2D eigenvalue weighted by atomic mass is 9.95. The highest BCUT2D eigenvalue weighted by Crippen LogP contribution is 2.32. The van der Waals surface area contributed by atoms with Gasteiger partial charge in [0.15, 0.2) is 0 Å². The van der Waals surface area contributed by atoms with E-state index in [0.29, 0.717) is 33.7 Å². The summed E-state index contributed by atoms with van der Waals surface area (Å²) in [7, 11) is -3.34. The highest BCUT2D eigenvalue weighted by Gasteiger charge is 2.34. The summed E-state index contributed by atoms with van der Waals surface area (Å²) < 4.78 is 27.8. The first kappa shape index (κ1) is 15.4. The number of piperidine rings is 1. The minimum Gasteiger partial charge on any atom is -0.314 e. The molecule has 2 atom stereocenters. The first-order chi connectivity index (χ1) is 8.96. The number of nitrogens with zero attached hydrogens (tertiary/aromatic N) is 1. The lowest BCUT2D eigenvalue weighted by Gasteiger charge is -2.36. The average Bonchev–Trinajstić information content (AvgIpc) is 2.79. The van der Waals surface area contributed by atoms with Gasteiger partial charge in [0.05, 0.1) is 0 Å². The number of halogens is 1. The van der Waals surface area contributed by atoms with Crippen LogP contribution in [0.15, 0.2) is 20.1 Å². The highest BCUT2D eigenvalue weighted by atomic mass is 79.9. The van der Waals surface area contributed by atoms with Gasteiger partial charge in [-0.1, -0.05) is 13.8 Å². The summed E-state index contributed by atoms with van der Waals surface area (Å²) >= 11 is 4.58. The fourth-order valence-corrected chi connectivity index (χ4v) is 6.48. The van der Waals surface area contributed by atoms with Crippen LogP contribution in [0, 0.1) is 5.92 Å². The molecule has 2 rings (SSSR count). The molecular weight excluding hydrogens is 348 g/mol. The molecule has 0 amide bonds. The lowest BCUT2D eigenvalue weighted by molar-refractivity contribution is 0.222. The third kappa shape index (κ3) is 3.21. The second kappa shape index (κ2) is 6.22. The minimum absolute atomic E-state index is 0.335. The van der Waals surface area contributed by atoms with Crippen molar-refractivity contribution in [1.29, 1.82) is 0 Å². The second-order valence-corrected chi connectivity index (χ2v) is 8.75. The molecule has 1 saturated heterocycles. The monoisotopic (exact) mass is 366 g/mol. The van der Waals surface area contributed by atoms with Crippen molar-refractivity contribution in [1.82, 2.24) is 9.62 Å². The summed E-state index contributed by atoms with van der Waals surface area (Å²) in [5, 5.41) is 5.22. The molecule has 1 N–H and O–H groups in total. The first-order valence-electron chi connectivity index (χ1n) is 6.43. The molecule has 0 bridgehead atoms. The maximum absolute atomic E-state index is 12.6. The number of sulfonamides is 1. The van der Waals surface area contributed by atoms with Gasteiger partial charge >= 0.3 is 0 Å². The van der Waals surface area contributed by atoms with Crippen molar-refractivity contribution in [3.05, 3.63) is 15.9 Å². The van der Waals surface area contributed by atoms with Crippen LogP contribution in [0.2, 0.25) is 0 Å². The Hall–Kier alpha value is 0.0500. The molecule has 7 heteroatoms. The van der Waals surface area contributed by atoms with E-state index in [1.807, 2.05) is 0 Å². The van der Waals surface area contributed by atoms with E-state index in [1.165, 1.54) is 11.3 Å². The van der Waals surface area contributed by atoms with Gasteiger partial charge in [0.2, 0.25) is 0 Å². The van der Waals surface area contributed by atoms with Crippen LogP contribution in [0.3, 0.4) is 0 Å². The topological polar surface area (TPSA) is 49.4 Å². The summed E-state index contributed by atoms with van der Waals surface area (Å²) in [6.45, 7) is 6.30. The van der Waals surface area contributed by atoms with Crippen molar-refractivity contribution in [3.63, 3.8) is 0 Å². The van der Waals surface area contributed by atoms with E-state index in [1.54, 1.807) is 15.8 Å². The van der Waals surface area contributed by atoms with E-state index in [4.69, 9.17) is 0 Å². The zero-order chi connectivity index (χ0) is 14.0. The third-order valence-electron chi connectivity index (χ3n) is 3.49. The molecule has 108 valence electrons. The van der Waals surface area contributed by atoms with Gasteiger partial charge in [0.1, 0.15) is 4.21 Å². The van der Waals surface area contributed by atoms with Crippen LogP contribution in [-0.4, -0.2) is 38.4 Å². The molecule has 1 aliphatic rings. The van der Waals surface area contributed by atoms with Gasteiger partial charge in [0.25, 0.3) is 10.0 Å². The summed E-state index contributed by atoms with van der Waals surface area (Å²) in [6, 6.07) is 2.20. The Labute approximate surface area is 127 Å². The van der Waals surface area contributed by atoms with Crippen LogP contribution in [0.1, 0.15) is 20.3 Å². The number of hydrogen-bond acceptors (Lipinski definition) is 4. The number of nitrogens with one attached hydrogen (secondary N) is 1. The zero-order valence-corrected chi connectivity index (χ0v) is 14.3. The molecule has 2 unspecified atom stereocenters. The second-order valence-electron chi connectivity index (χ2n) is 4.85. The van der Waals surface area contributed by atoms with Gasteiger partial charge in [-0.3, -0.25) is 0 Å². The molecule has 0 saturated carbocycles. The van der Waals surface area contributed by atoms with Gasteiger partial charge < -0.3 is 5.32 Å². The Bertz CT molecular complexity index is 530. The predicted octanol–water partition coefficient (Wildman–Crippen LogP) is 2.52. The van der Waals surface area contributed by atoms with Crippen molar-refractivity contribution < 1.29 is 8.42 Å². The Morgan fingerprint density at radius 1 is 1.58 bits per heavy atom. The van der Waals surface area contributed by atoms with E-state index < -0.39 is 10.0 Å². The van der Waals surface area contributed by atoms with Gasteiger partial charge in [-0.15, -0.1) is 11.3 Å². The van der Waals surface area contributed by atoms with E-state index >= 15 is 0 Å². The highest BCUT2D eigenvalue weighted by molar-refractivity contribution is 9.10. The van der Waals surface area contributed by atoms with E-state index in [9.17, 15) is 8.42 Å². The Balaban J connectivity index is 2.14. The number of hydrogen-bond donors (Lipinski definition) is 1. The summed E-state index contributed by atoms with van der Waals surface area (Å²) in [5.74, 6) is 0.335. The molecule has 2 heterocycles. The number of thiophene rings is 1. The molecule has 0 spiro atoms. The maximum Gasteiger partial charge on any atom is 0.253 e. The normalized spacial score (nSPS) is 25.6. The van der Waals surface area contributed by atoms with Crippen LogP contribution in [0.5, 0.6) is 0 Å². The Morgan fingerprint density at radius 3 is 2.84 bits per heavy atom. The van der Waals surface area contributed by atoms with Gasteiger partial charge in [-0.05, 0) is 46.3 Å². The molecular formula is C12H19BrN2O2S2. The van der Waals surface area contributed by atoms with Crippen molar-refractivity contribution in [3.8, 4) is 0 Å². The quantitative estimate of drug-likeness (QED) is 0.890. The zero-order valence-electron chi connectivity index (χ0n) is 11.1. The fraction of sp³-hybridized carbons (Fsp3) is 0.667. The molecule has 1 fully saturated rings. The van der Waals surface area contributed by atoms with Crippen LogP contribution >= 0.6 is 27.3 Å². The van der Waals surface area contributed by atoms with Gasteiger partial charge in [-0.2, -0.15) is 4.31 Å². The van der Waals surface area contributed by atoms with Crippen molar-refractivity contribution in [2.75, 3.05) is 19.6 Å². The fourth-order valence-electron chi connectivity index (χ4n) is 2.47. The molecule has 0 aliphatic carbocycles. The van der Waals surface area contributed by atoms with Gasteiger partial charge in [-0.25, -0.2) is 8.42 Å². The minimum atomic E-state index is -3.34. The Morgan fingerprint density at radius 2 is 2.32 bits per heavy atom. The summed E-state index contributed by atoms with van der Waals surface area (Å²) in [6.07, 6.45) is 0.872. The number of rotatable bonds is 4. The third-order valence-corrected chi connectivity index (χ3v) is 8.01. The molecule has 4 nitrogen and oxygen atoms in total. The van der Waals surface area contributed by atoms with Gasteiger partial charge in [0, 0.05) is 23.6 Å². The van der Waals surface area contributed by atoms with E-state index in [0.717, 1.165) is 13.0 Å². The van der Waals surface area contributed by atoms with Crippen LogP contribution in [0.4, 0.5) is 0 Å². The standard InChI is InChI=1S/C12H19BrN2O2S2/c1-3-14-11-4-6-15(8-9(11)2)19(16,17)12-10(13)5-7-18-12/h5,7,9,11,14H,3-4,6,8H2,1-2H3. The molecule has 0 radical (unpaired) electrons. The van der Waals surface area contributed by atoms with E-state index in [-0.39, 0.29) is 0 Å². The SMILES string of the molecule is CCNC1CCN(S(=O)(=O)c2sccc2Br)CC1C. The Kier molecular flexibility index (Phi) is 5.05. The molecule has 1 aromatic rings. The van der Waals surface area contributed by atoms with Crippen LogP contribution in [0.25, 0.3) is 0 Å². The van der Waals surface area contributed by atoms with Crippen LogP contribution < -0.4 is 5.32 Å². The molecule has 1 aliphatic heterocycles. The average molecular weight is 367 g/mol. The lowest BCUT2D eigenvalue weighted by Crippen LogP contribution is -2.49. The van der Waals surface area contributed by atoms with Crippen molar-refractivity contribution >= 4 is 37.3 Å². The molecule has 19 heavy (non-hydrogen) atoms. The maximum atomic E-state index is 12.6. The van der Waals surface area contributed by atoms with Crippen molar-refractivity contribution in [2.45, 2.75) is 30.5 Å². The summed E-state index contributed by atoms with van der Waals surface area (Å²) in [4.78, 5) is 0. The van der Waals surface area contributed by atoms with Crippen LogP contribution in [-0.2, 0) is 10.0 Å². The van der Waals surface area contributed by atoms with E-state index in [2.05, 4.69) is 35.1 Å².